The van der Waals surface area contributed by atoms with Crippen LogP contribution >= 0.6 is 11.6 Å². The SMILES string of the molecule is CCN(CC)C(=O)C1(c2c[nH]c3ccc(Cl)cc23)CC1. The van der Waals surface area contributed by atoms with Crippen molar-refractivity contribution < 1.29 is 4.79 Å². The van der Waals surface area contributed by atoms with E-state index in [1.165, 1.54) is 0 Å². The molecule has 1 aromatic heterocycles. The normalized spacial score (nSPS) is 16.4. The van der Waals surface area contributed by atoms with E-state index in [0.717, 1.165) is 42.4 Å². The van der Waals surface area contributed by atoms with E-state index in [1.54, 1.807) is 0 Å². The zero-order chi connectivity index (χ0) is 14.3. The summed E-state index contributed by atoms with van der Waals surface area (Å²) in [6.45, 7) is 5.59. The number of benzene rings is 1. The van der Waals surface area contributed by atoms with E-state index in [9.17, 15) is 4.79 Å². The number of likely N-dealkylation sites (N-methyl/N-ethyl adjacent to an activating group) is 1. The lowest BCUT2D eigenvalue weighted by Gasteiger charge is -2.24. The number of H-pyrrole nitrogens is 1. The molecule has 3 nitrogen and oxygen atoms in total. The molecule has 1 aliphatic rings. The first-order valence-corrected chi connectivity index (χ1v) is 7.56. The Morgan fingerprint density at radius 2 is 2.05 bits per heavy atom. The van der Waals surface area contributed by atoms with Gasteiger partial charge >= 0.3 is 0 Å². The summed E-state index contributed by atoms with van der Waals surface area (Å²) in [5.74, 6) is 0.253. The molecule has 1 heterocycles. The first-order chi connectivity index (χ1) is 9.62. The molecule has 1 aromatic carbocycles. The Kier molecular flexibility index (Phi) is 3.25. The Labute approximate surface area is 123 Å². The van der Waals surface area contributed by atoms with Crippen LogP contribution in [0.2, 0.25) is 5.02 Å². The maximum atomic E-state index is 12.8. The van der Waals surface area contributed by atoms with Crippen molar-refractivity contribution in [2.75, 3.05) is 13.1 Å². The number of aromatic amines is 1. The summed E-state index contributed by atoms with van der Waals surface area (Å²) in [4.78, 5) is 18.0. The van der Waals surface area contributed by atoms with Crippen molar-refractivity contribution in [2.24, 2.45) is 0 Å². The summed E-state index contributed by atoms with van der Waals surface area (Å²) in [6.07, 6.45) is 3.85. The second kappa shape index (κ2) is 4.81. The smallest absolute Gasteiger partial charge is 0.233 e. The number of fused-ring (bicyclic) bond motifs is 1. The van der Waals surface area contributed by atoms with Crippen molar-refractivity contribution in [1.82, 2.24) is 9.88 Å². The lowest BCUT2D eigenvalue weighted by molar-refractivity contribution is -0.133. The number of carbonyl (C=O) groups is 1. The molecule has 0 bridgehead atoms. The van der Waals surface area contributed by atoms with Gasteiger partial charge in [0.15, 0.2) is 0 Å². The minimum absolute atomic E-state index is 0.253. The number of nitrogens with one attached hydrogen (secondary N) is 1. The van der Waals surface area contributed by atoms with Crippen molar-refractivity contribution in [3.8, 4) is 0 Å². The van der Waals surface area contributed by atoms with Crippen molar-refractivity contribution in [3.05, 3.63) is 35.0 Å². The molecule has 1 aliphatic carbocycles. The van der Waals surface area contributed by atoms with Crippen LogP contribution in [0, 0.1) is 0 Å². The number of aromatic nitrogens is 1. The van der Waals surface area contributed by atoms with Crippen LogP contribution in [0.25, 0.3) is 10.9 Å². The largest absolute Gasteiger partial charge is 0.361 e. The molecule has 4 heteroatoms. The highest BCUT2D eigenvalue weighted by Crippen LogP contribution is 2.51. The number of amides is 1. The first kappa shape index (κ1) is 13.5. The van der Waals surface area contributed by atoms with Gasteiger partial charge in [0.2, 0.25) is 5.91 Å². The Morgan fingerprint density at radius 1 is 1.35 bits per heavy atom. The summed E-state index contributed by atoms with van der Waals surface area (Å²) in [5, 5.41) is 1.79. The Morgan fingerprint density at radius 3 is 2.65 bits per heavy atom. The van der Waals surface area contributed by atoms with Crippen molar-refractivity contribution >= 4 is 28.4 Å². The lowest BCUT2D eigenvalue weighted by Crippen LogP contribution is -2.39. The molecule has 1 N–H and O–H groups in total. The first-order valence-electron chi connectivity index (χ1n) is 7.19. The van der Waals surface area contributed by atoms with Crippen molar-refractivity contribution in [3.63, 3.8) is 0 Å². The Balaban J connectivity index is 2.06. The topological polar surface area (TPSA) is 36.1 Å². The number of hydrogen-bond donors (Lipinski definition) is 1. The molecule has 2 aromatic rings. The van der Waals surface area contributed by atoms with Crippen LogP contribution in [0.15, 0.2) is 24.4 Å². The molecule has 106 valence electrons. The number of halogens is 1. The number of hydrogen-bond acceptors (Lipinski definition) is 1. The minimum atomic E-state index is -0.324. The average molecular weight is 291 g/mol. The molecule has 3 rings (SSSR count). The third-order valence-electron chi connectivity index (χ3n) is 4.37. The maximum absolute atomic E-state index is 12.8. The van der Waals surface area contributed by atoms with Crippen LogP contribution in [0.1, 0.15) is 32.3 Å². The van der Waals surface area contributed by atoms with Gasteiger partial charge < -0.3 is 9.88 Å². The fraction of sp³-hybridized carbons (Fsp3) is 0.438. The van der Waals surface area contributed by atoms with Gasteiger partial charge in [-0.15, -0.1) is 0 Å². The van der Waals surface area contributed by atoms with Crippen molar-refractivity contribution in [1.29, 1.82) is 0 Å². The minimum Gasteiger partial charge on any atom is -0.361 e. The third kappa shape index (κ3) is 1.92. The van der Waals surface area contributed by atoms with Gasteiger partial charge in [0.25, 0.3) is 0 Å². The second-order valence-corrected chi connectivity index (χ2v) is 5.89. The number of nitrogens with zero attached hydrogens (tertiary/aromatic N) is 1. The number of carbonyl (C=O) groups excluding carboxylic acids is 1. The van der Waals surface area contributed by atoms with Crippen LogP contribution in [-0.4, -0.2) is 28.9 Å². The quantitative estimate of drug-likeness (QED) is 0.915. The highest BCUT2D eigenvalue weighted by atomic mass is 35.5. The predicted octanol–water partition coefficient (Wildman–Crippen LogP) is 3.72. The summed E-state index contributed by atoms with van der Waals surface area (Å²) in [6, 6.07) is 5.80. The van der Waals surface area contributed by atoms with Crippen LogP contribution < -0.4 is 0 Å². The van der Waals surface area contributed by atoms with E-state index in [2.05, 4.69) is 4.98 Å². The predicted molar refractivity (Wildman–Crippen MR) is 82.1 cm³/mol. The van der Waals surface area contributed by atoms with E-state index in [0.29, 0.717) is 5.02 Å². The zero-order valence-electron chi connectivity index (χ0n) is 11.9. The van der Waals surface area contributed by atoms with E-state index >= 15 is 0 Å². The molecular formula is C16H19ClN2O. The van der Waals surface area contributed by atoms with Gasteiger partial charge in [0.1, 0.15) is 0 Å². The molecular weight excluding hydrogens is 272 g/mol. The van der Waals surface area contributed by atoms with E-state index in [1.807, 2.05) is 43.1 Å². The van der Waals surface area contributed by atoms with E-state index in [4.69, 9.17) is 11.6 Å². The zero-order valence-corrected chi connectivity index (χ0v) is 12.6. The summed E-state index contributed by atoms with van der Waals surface area (Å²) >= 11 is 6.11. The van der Waals surface area contributed by atoms with Gasteiger partial charge in [-0.25, -0.2) is 0 Å². The van der Waals surface area contributed by atoms with Crippen LogP contribution in [0.5, 0.6) is 0 Å². The molecule has 0 radical (unpaired) electrons. The van der Waals surface area contributed by atoms with Gasteiger partial charge in [-0.1, -0.05) is 11.6 Å². The van der Waals surface area contributed by atoms with Crippen LogP contribution in [-0.2, 0) is 10.2 Å². The number of rotatable bonds is 4. The second-order valence-electron chi connectivity index (χ2n) is 5.45. The molecule has 1 amide bonds. The molecule has 0 spiro atoms. The van der Waals surface area contributed by atoms with Gasteiger partial charge in [0, 0.05) is 35.2 Å². The Hall–Kier alpha value is -1.48. The molecule has 0 aliphatic heterocycles. The molecule has 0 unspecified atom stereocenters. The highest BCUT2D eigenvalue weighted by Gasteiger charge is 2.53. The van der Waals surface area contributed by atoms with Gasteiger partial charge in [0.05, 0.1) is 5.41 Å². The third-order valence-corrected chi connectivity index (χ3v) is 4.60. The summed E-state index contributed by atoms with van der Waals surface area (Å²) in [7, 11) is 0. The fourth-order valence-corrected chi connectivity index (χ4v) is 3.20. The molecule has 20 heavy (non-hydrogen) atoms. The molecule has 0 atom stereocenters. The van der Waals surface area contributed by atoms with Gasteiger partial charge in [-0.05, 0) is 50.5 Å². The van der Waals surface area contributed by atoms with Gasteiger partial charge in [-0.2, -0.15) is 0 Å². The van der Waals surface area contributed by atoms with Gasteiger partial charge in [-0.3, -0.25) is 4.79 Å². The van der Waals surface area contributed by atoms with Crippen LogP contribution in [0.4, 0.5) is 0 Å². The average Bonchev–Trinajstić information content (AvgIpc) is 3.15. The van der Waals surface area contributed by atoms with Crippen LogP contribution in [0.3, 0.4) is 0 Å². The van der Waals surface area contributed by atoms with E-state index in [-0.39, 0.29) is 11.3 Å². The maximum Gasteiger partial charge on any atom is 0.233 e. The molecule has 0 saturated heterocycles. The lowest BCUT2D eigenvalue weighted by atomic mass is 9.93. The summed E-state index contributed by atoms with van der Waals surface area (Å²) < 4.78 is 0. The fourth-order valence-electron chi connectivity index (χ4n) is 3.03. The highest BCUT2D eigenvalue weighted by molar-refractivity contribution is 6.31. The monoisotopic (exact) mass is 290 g/mol. The molecule has 1 saturated carbocycles. The van der Waals surface area contributed by atoms with Crippen molar-refractivity contribution in [2.45, 2.75) is 32.1 Å². The standard InChI is InChI=1S/C16H19ClN2O/c1-3-19(4-2)15(20)16(7-8-16)13-10-18-14-6-5-11(17)9-12(13)14/h5-6,9-10,18H,3-4,7-8H2,1-2H3. The summed E-state index contributed by atoms with van der Waals surface area (Å²) in [5.41, 5.74) is 1.82. The Bertz CT molecular complexity index is 654. The molecule has 1 fully saturated rings. The van der Waals surface area contributed by atoms with E-state index < -0.39 is 0 Å².